The van der Waals surface area contributed by atoms with Gasteiger partial charge in [-0.1, -0.05) is 6.92 Å². The van der Waals surface area contributed by atoms with Crippen LogP contribution < -0.4 is 10.6 Å². The molecule has 0 saturated heterocycles. The van der Waals surface area contributed by atoms with Crippen molar-refractivity contribution in [3.8, 4) is 6.07 Å². The van der Waals surface area contributed by atoms with Crippen LogP contribution in [0.1, 0.15) is 34.9 Å². The molecule has 3 rings (SSSR count). The number of nitriles is 1. The number of aromatic nitrogens is 2. The normalized spacial score (nSPS) is 13.6. The van der Waals surface area contributed by atoms with Crippen molar-refractivity contribution in [2.24, 2.45) is 0 Å². The van der Waals surface area contributed by atoms with Crippen molar-refractivity contribution in [3.63, 3.8) is 0 Å². The summed E-state index contributed by atoms with van der Waals surface area (Å²) in [6, 6.07) is 2.14. The highest BCUT2D eigenvalue weighted by Gasteiger charge is 2.35. The van der Waals surface area contributed by atoms with Crippen molar-refractivity contribution >= 4 is 34.0 Å². The maximum absolute atomic E-state index is 13.0. The molecule has 0 bridgehead atoms. The quantitative estimate of drug-likeness (QED) is 0.801. The number of carbonyl (C=O) groups is 1. The van der Waals surface area contributed by atoms with Crippen LogP contribution in [0.2, 0.25) is 0 Å². The van der Waals surface area contributed by atoms with Gasteiger partial charge in [-0.05, 0) is 12.0 Å². The number of thiophene rings is 1. The van der Waals surface area contributed by atoms with Crippen molar-refractivity contribution in [1.82, 2.24) is 14.9 Å². The molecule has 1 amide bonds. The largest absolute Gasteiger partial charge is 0.421 e. The SMILES string of the molecule is CCC(=O)N1CCc2c(sc(Nc3ncc(C(F)(F)F)c(NC)n3)c2C#N)C1. The second-order valence-corrected chi connectivity index (χ2v) is 7.17. The van der Waals surface area contributed by atoms with Gasteiger partial charge < -0.3 is 15.5 Å². The summed E-state index contributed by atoms with van der Waals surface area (Å²) in [7, 11) is 1.34. The monoisotopic (exact) mass is 410 g/mol. The molecule has 1 aliphatic heterocycles. The van der Waals surface area contributed by atoms with Gasteiger partial charge in [-0.3, -0.25) is 4.79 Å². The highest BCUT2D eigenvalue weighted by molar-refractivity contribution is 7.16. The number of rotatable bonds is 4. The molecular weight excluding hydrogens is 393 g/mol. The molecule has 2 aromatic rings. The lowest BCUT2D eigenvalue weighted by atomic mass is 10.0. The van der Waals surface area contributed by atoms with Crippen molar-refractivity contribution in [2.45, 2.75) is 32.5 Å². The predicted molar refractivity (Wildman–Crippen MR) is 98.3 cm³/mol. The lowest BCUT2D eigenvalue weighted by Gasteiger charge is -2.26. The van der Waals surface area contributed by atoms with E-state index in [1.54, 1.807) is 11.8 Å². The number of amides is 1. The fourth-order valence-corrected chi connectivity index (χ4v) is 4.20. The molecule has 0 fully saturated rings. The number of nitrogens with one attached hydrogen (secondary N) is 2. The third-order valence-electron chi connectivity index (χ3n) is 4.38. The molecule has 0 saturated carbocycles. The summed E-state index contributed by atoms with van der Waals surface area (Å²) in [4.78, 5) is 22.2. The summed E-state index contributed by atoms with van der Waals surface area (Å²) in [5.74, 6) is -0.365. The molecule has 7 nitrogen and oxygen atoms in total. The van der Waals surface area contributed by atoms with Gasteiger partial charge in [-0.15, -0.1) is 11.3 Å². The molecule has 0 spiro atoms. The molecule has 28 heavy (non-hydrogen) atoms. The van der Waals surface area contributed by atoms with Crippen molar-refractivity contribution in [3.05, 3.63) is 27.8 Å². The maximum atomic E-state index is 13.0. The van der Waals surface area contributed by atoms with E-state index in [0.29, 0.717) is 42.7 Å². The van der Waals surface area contributed by atoms with Crippen LogP contribution in [-0.2, 0) is 23.9 Å². The second kappa shape index (κ2) is 7.63. The van der Waals surface area contributed by atoms with E-state index in [2.05, 4.69) is 26.7 Å². The number of fused-ring (bicyclic) bond motifs is 1. The molecular formula is C17H17F3N6OS. The molecule has 11 heteroatoms. The van der Waals surface area contributed by atoms with Crippen molar-refractivity contribution < 1.29 is 18.0 Å². The zero-order chi connectivity index (χ0) is 20.5. The zero-order valence-electron chi connectivity index (χ0n) is 15.1. The number of hydrogen-bond acceptors (Lipinski definition) is 7. The first-order valence-electron chi connectivity index (χ1n) is 8.49. The predicted octanol–water partition coefficient (Wildman–Crippen LogP) is 3.51. The van der Waals surface area contributed by atoms with Gasteiger partial charge in [0.25, 0.3) is 0 Å². The molecule has 0 unspecified atom stereocenters. The number of halogens is 3. The first-order valence-corrected chi connectivity index (χ1v) is 9.31. The number of anilines is 3. The molecule has 2 aromatic heterocycles. The summed E-state index contributed by atoms with van der Waals surface area (Å²) in [5.41, 5.74) is 0.300. The highest BCUT2D eigenvalue weighted by Crippen LogP contribution is 2.39. The van der Waals surface area contributed by atoms with Crippen molar-refractivity contribution in [1.29, 1.82) is 5.26 Å². The Morgan fingerprint density at radius 3 is 2.82 bits per heavy atom. The van der Waals surface area contributed by atoms with Gasteiger partial charge in [-0.2, -0.15) is 23.4 Å². The van der Waals surface area contributed by atoms with Crippen molar-refractivity contribution in [2.75, 3.05) is 24.2 Å². The van der Waals surface area contributed by atoms with Crippen LogP contribution in [0, 0.1) is 11.3 Å². The van der Waals surface area contributed by atoms with Gasteiger partial charge in [-0.25, -0.2) is 4.98 Å². The van der Waals surface area contributed by atoms with Crippen LogP contribution in [0.15, 0.2) is 6.20 Å². The minimum atomic E-state index is -4.58. The van der Waals surface area contributed by atoms with Crippen LogP contribution in [0.3, 0.4) is 0 Å². The van der Waals surface area contributed by atoms with Crippen LogP contribution in [-0.4, -0.2) is 34.4 Å². The molecule has 0 atom stereocenters. The van der Waals surface area contributed by atoms with E-state index in [-0.39, 0.29) is 17.7 Å². The Morgan fingerprint density at radius 1 is 1.46 bits per heavy atom. The van der Waals surface area contributed by atoms with Gasteiger partial charge in [0, 0.05) is 31.1 Å². The summed E-state index contributed by atoms with van der Waals surface area (Å²) < 4.78 is 39.0. The fraction of sp³-hybridized carbons (Fsp3) is 0.412. The summed E-state index contributed by atoms with van der Waals surface area (Å²) in [6.45, 7) is 2.74. The maximum Gasteiger partial charge on any atom is 0.421 e. The van der Waals surface area contributed by atoms with Gasteiger partial charge in [0.05, 0.1) is 12.1 Å². The Hall–Kier alpha value is -2.87. The van der Waals surface area contributed by atoms with Gasteiger partial charge in [0.15, 0.2) is 0 Å². The van der Waals surface area contributed by atoms with E-state index in [1.165, 1.54) is 18.4 Å². The highest BCUT2D eigenvalue weighted by atomic mass is 32.1. The van der Waals surface area contributed by atoms with Crippen LogP contribution in [0.25, 0.3) is 0 Å². The third-order valence-corrected chi connectivity index (χ3v) is 5.51. The smallest absolute Gasteiger partial charge is 0.372 e. The first kappa shape index (κ1) is 19.9. The molecule has 0 radical (unpaired) electrons. The zero-order valence-corrected chi connectivity index (χ0v) is 16.0. The summed E-state index contributed by atoms with van der Waals surface area (Å²) >= 11 is 1.29. The molecule has 148 valence electrons. The minimum absolute atomic E-state index is 0.0387. The van der Waals surface area contributed by atoms with Crippen LogP contribution in [0.4, 0.5) is 29.9 Å². The first-order chi connectivity index (χ1) is 13.3. The van der Waals surface area contributed by atoms with Gasteiger partial charge >= 0.3 is 6.18 Å². The number of nitrogens with zero attached hydrogens (tertiary/aromatic N) is 4. The average Bonchev–Trinajstić information content (AvgIpc) is 3.02. The van der Waals surface area contributed by atoms with E-state index in [0.717, 1.165) is 10.4 Å². The Morgan fingerprint density at radius 2 is 2.21 bits per heavy atom. The number of carbonyl (C=O) groups excluding carboxylic acids is 1. The molecule has 3 heterocycles. The molecule has 0 aliphatic carbocycles. The Balaban J connectivity index is 1.91. The second-order valence-electron chi connectivity index (χ2n) is 6.07. The number of alkyl halides is 3. The van der Waals surface area contributed by atoms with Crippen LogP contribution >= 0.6 is 11.3 Å². The third kappa shape index (κ3) is 3.73. The summed E-state index contributed by atoms with van der Waals surface area (Å²) in [6.07, 6.45) is -2.92. The lowest BCUT2D eigenvalue weighted by Crippen LogP contribution is -2.34. The Labute approximate surface area is 163 Å². The van der Waals surface area contributed by atoms with E-state index < -0.39 is 11.7 Å². The standard InChI is InChI=1S/C17H17F3N6OS/c1-3-13(27)26-5-4-9-10(6-21)15(28-12(9)8-26)25-16-23-7-11(17(18,19)20)14(22-2)24-16/h7H,3-5,8H2,1-2H3,(H2,22,23,24,25). The minimum Gasteiger partial charge on any atom is -0.372 e. The topological polar surface area (TPSA) is 93.9 Å². The van der Waals surface area contributed by atoms with E-state index in [9.17, 15) is 23.2 Å². The van der Waals surface area contributed by atoms with E-state index >= 15 is 0 Å². The Bertz CT molecular complexity index is 950. The molecule has 1 aliphatic rings. The van der Waals surface area contributed by atoms with Crippen LogP contribution in [0.5, 0.6) is 0 Å². The molecule has 2 N–H and O–H groups in total. The average molecular weight is 410 g/mol. The number of hydrogen-bond donors (Lipinski definition) is 2. The van der Waals surface area contributed by atoms with Gasteiger partial charge in [0.2, 0.25) is 11.9 Å². The summed E-state index contributed by atoms with van der Waals surface area (Å²) in [5, 5.41) is 15.3. The lowest BCUT2D eigenvalue weighted by molar-refractivity contribution is -0.137. The van der Waals surface area contributed by atoms with E-state index in [1.807, 2.05) is 0 Å². The van der Waals surface area contributed by atoms with E-state index in [4.69, 9.17) is 0 Å². The Kier molecular flexibility index (Phi) is 5.42. The molecule has 0 aromatic carbocycles. The van der Waals surface area contributed by atoms with Gasteiger partial charge in [0.1, 0.15) is 22.5 Å². The fourth-order valence-electron chi connectivity index (χ4n) is 2.99.